The molecule has 18 heavy (non-hydrogen) atoms. The zero-order valence-electron chi connectivity index (χ0n) is 9.51. The van der Waals surface area contributed by atoms with E-state index in [0.29, 0.717) is 5.56 Å². The maximum Gasteiger partial charge on any atom is 0.337 e. The number of sulfone groups is 2. The van der Waals surface area contributed by atoms with E-state index in [-0.39, 0.29) is 11.3 Å². The number of benzene rings is 1. The summed E-state index contributed by atoms with van der Waals surface area (Å²) in [5.41, 5.74) is 0.684. The fourth-order valence-corrected chi connectivity index (χ4v) is 2.91. The van der Waals surface area contributed by atoms with E-state index >= 15 is 0 Å². The molecule has 0 saturated carbocycles. The Morgan fingerprint density at radius 2 is 1.33 bits per heavy atom. The Hall–Kier alpha value is -1.02. The van der Waals surface area contributed by atoms with E-state index in [0.717, 1.165) is 6.26 Å². The van der Waals surface area contributed by atoms with Gasteiger partial charge >= 0.3 is 5.76 Å². The standard InChI is InChI=1S/C10H12F2O4S2/c1-17(13,14)6-8-2-4-9(5-3-8)7-18(15,16)10(11)12/h2-5,10H,6-7H2,1H3. The molecule has 0 bridgehead atoms. The Bertz CT molecular complexity index is 604. The van der Waals surface area contributed by atoms with Gasteiger partial charge in [-0.3, -0.25) is 0 Å². The molecule has 0 N–H and O–H groups in total. The van der Waals surface area contributed by atoms with Gasteiger partial charge in [0.05, 0.1) is 11.5 Å². The fraction of sp³-hybridized carbons (Fsp3) is 0.400. The second-order valence-electron chi connectivity index (χ2n) is 3.95. The van der Waals surface area contributed by atoms with Crippen molar-refractivity contribution in [2.24, 2.45) is 0 Å². The van der Waals surface area contributed by atoms with Crippen molar-refractivity contribution in [1.29, 1.82) is 0 Å². The topological polar surface area (TPSA) is 68.3 Å². The lowest BCUT2D eigenvalue weighted by atomic mass is 10.2. The molecule has 0 unspecified atom stereocenters. The van der Waals surface area contributed by atoms with E-state index in [9.17, 15) is 25.6 Å². The Kier molecular flexibility index (Phi) is 4.44. The lowest BCUT2D eigenvalue weighted by molar-refractivity contribution is 0.234. The van der Waals surface area contributed by atoms with Crippen molar-refractivity contribution in [3.63, 3.8) is 0 Å². The summed E-state index contributed by atoms with van der Waals surface area (Å²) >= 11 is 0. The molecule has 4 nitrogen and oxygen atoms in total. The second-order valence-corrected chi connectivity index (χ2v) is 8.07. The minimum atomic E-state index is -4.45. The number of hydrogen-bond donors (Lipinski definition) is 0. The van der Waals surface area contributed by atoms with E-state index < -0.39 is 31.2 Å². The fourth-order valence-electron chi connectivity index (χ4n) is 1.33. The van der Waals surface area contributed by atoms with Crippen LogP contribution in [0.2, 0.25) is 0 Å². The molecule has 0 fully saturated rings. The predicted molar refractivity (Wildman–Crippen MR) is 63.6 cm³/mol. The number of alkyl halides is 2. The SMILES string of the molecule is CS(=O)(=O)Cc1ccc(CS(=O)(=O)C(F)F)cc1. The molecular formula is C10H12F2O4S2. The van der Waals surface area contributed by atoms with Crippen molar-refractivity contribution >= 4 is 19.7 Å². The third kappa shape index (κ3) is 4.69. The van der Waals surface area contributed by atoms with Crippen molar-refractivity contribution < 1.29 is 25.6 Å². The molecule has 0 radical (unpaired) electrons. The maximum atomic E-state index is 12.1. The number of hydrogen-bond acceptors (Lipinski definition) is 4. The zero-order valence-corrected chi connectivity index (χ0v) is 11.1. The molecule has 0 aromatic heterocycles. The van der Waals surface area contributed by atoms with Crippen LogP contribution < -0.4 is 0 Å². The average molecular weight is 298 g/mol. The third-order valence-electron chi connectivity index (χ3n) is 2.09. The van der Waals surface area contributed by atoms with Crippen molar-refractivity contribution in [1.82, 2.24) is 0 Å². The molecule has 102 valence electrons. The van der Waals surface area contributed by atoms with Gasteiger partial charge in [-0.2, -0.15) is 8.78 Å². The highest BCUT2D eigenvalue weighted by atomic mass is 32.2. The summed E-state index contributed by atoms with van der Waals surface area (Å²) < 4.78 is 68.2. The van der Waals surface area contributed by atoms with Gasteiger partial charge in [0.15, 0.2) is 9.84 Å². The van der Waals surface area contributed by atoms with E-state index in [1.807, 2.05) is 0 Å². The Balaban J connectivity index is 2.85. The molecule has 1 rings (SSSR count). The first kappa shape index (κ1) is 15.0. The summed E-state index contributed by atoms with van der Waals surface area (Å²) in [6.45, 7) is 0. The quantitative estimate of drug-likeness (QED) is 0.823. The lowest BCUT2D eigenvalue weighted by Crippen LogP contribution is -2.13. The highest BCUT2D eigenvalue weighted by Gasteiger charge is 2.24. The van der Waals surface area contributed by atoms with Gasteiger partial charge in [-0.15, -0.1) is 0 Å². The van der Waals surface area contributed by atoms with Gasteiger partial charge < -0.3 is 0 Å². The molecule has 0 aliphatic rings. The van der Waals surface area contributed by atoms with E-state index in [4.69, 9.17) is 0 Å². The number of rotatable bonds is 5. The van der Waals surface area contributed by atoms with E-state index in [2.05, 4.69) is 0 Å². The first-order valence-electron chi connectivity index (χ1n) is 4.85. The molecule has 0 saturated heterocycles. The minimum absolute atomic E-state index is 0.172. The summed E-state index contributed by atoms with van der Waals surface area (Å²) in [4.78, 5) is 0. The van der Waals surface area contributed by atoms with Crippen LogP contribution in [-0.4, -0.2) is 28.8 Å². The van der Waals surface area contributed by atoms with Crippen LogP contribution in [0.3, 0.4) is 0 Å². The van der Waals surface area contributed by atoms with Gasteiger partial charge in [0.1, 0.15) is 0 Å². The average Bonchev–Trinajstić information content (AvgIpc) is 2.18. The van der Waals surface area contributed by atoms with Gasteiger partial charge in [-0.25, -0.2) is 16.8 Å². The summed E-state index contributed by atoms with van der Waals surface area (Å²) in [5, 5.41) is 0. The highest BCUT2D eigenvalue weighted by Crippen LogP contribution is 2.15. The van der Waals surface area contributed by atoms with E-state index in [1.54, 1.807) is 0 Å². The van der Waals surface area contributed by atoms with Crippen LogP contribution in [0.15, 0.2) is 24.3 Å². The van der Waals surface area contributed by atoms with Gasteiger partial charge in [0.2, 0.25) is 9.84 Å². The molecule has 0 aliphatic carbocycles. The molecule has 1 aromatic carbocycles. The summed E-state index contributed by atoms with van der Waals surface area (Å²) in [7, 11) is -7.63. The van der Waals surface area contributed by atoms with Gasteiger partial charge in [-0.1, -0.05) is 24.3 Å². The molecule has 8 heteroatoms. The molecule has 0 spiro atoms. The van der Waals surface area contributed by atoms with Crippen molar-refractivity contribution in [2.45, 2.75) is 17.3 Å². The summed E-state index contributed by atoms with van der Waals surface area (Å²) in [6, 6.07) is 5.50. The number of halogens is 2. The molecular weight excluding hydrogens is 286 g/mol. The second kappa shape index (κ2) is 5.31. The Morgan fingerprint density at radius 3 is 1.67 bits per heavy atom. The monoisotopic (exact) mass is 298 g/mol. The first-order chi connectivity index (χ1) is 8.10. The molecule has 0 amide bonds. The maximum absolute atomic E-state index is 12.1. The van der Waals surface area contributed by atoms with Crippen LogP contribution in [0, 0.1) is 0 Å². The normalized spacial score (nSPS) is 12.9. The van der Waals surface area contributed by atoms with Crippen LogP contribution in [0.5, 0.6) is 0 Å². The molecule has 0 atom stereocenters. The summed E-state index contributed by atoms with van der Waals surface area (Å²) in [5.74, 6) is -4.34. The highest BCUT2D eigenvalue weighted by molar-refractivity contribution is 7.90. The first-order valence-corrected chi connectivity index (χ1v) is 8.63. The lowest BCUT2D eigenvalue weighted by Gasteiger charge is -2.04. The molecule has 0 aliphatic heterocycles. The van der Waals surface area contributed by atoms with Crippen molar-refractivity contribution in [2.75, 3.05) is 6.26 Å². The smallest absolute Gasteiger partial charge is 0.229 e. The van der Waals surface area contributed by atoms with Gasteiger partial charge in [-0.05, 0) is 11.1 Å². The van der Waals surface area contributed by atoms with Crippen LogP contribution in [-0.2, 0) is 31.2 Å². The zero-order chi connectivity index (χ0) is 14.0. The molecule has 0 heterocycles. The Morgan fingerprint density at radius 1 is 0.944 bits per heavy atom. The largest absolute Gasteiger partial charge is 0.337 e. The van der Waals surface area contributed by atoms with Gasteiger partial charge in [0, 0.05) is 6.26 Å². The minimum Gasteiger partial charge on any atom is -0.229 e. The van der Waals surface area contributed by atoms with Crippen LogP contribution in [0.25, 0.3) is 0 Å². The van der Waals surface area contributed by atoms with Crippen molar-refractivity contribution in [3.05, 3.63) is 35.4 Å². The van der Waals surface area contributed by atoms with Crippen LogP contribution in [0.4, 0.5) is 8.78 Å². The van der Waals surface area contributed by atoms with Crippen LogP contribution in [0.1, 0.15) is 11.1 Å². The van der Waals surface area contributed by atoms with Crippen LogP contribution >= 0.6 is 0 Å². The van der Waals surface area contributed by atoms with E-state index in [1.165, 1.54) is 24.3 Å². The van der Waals surface area contributed by atoms with Crippen molar-refractivity contribution in [3.8, 4) is 0 Å². The third-order valence-corrected chi connectivity index (χ3v) is 4.23. The molecule has 1 aromatic rings. The summed E-state index contributed by atoms with van der Waals surface area (Å²) in [6.07, 6.45) is 1.07. The predicted octanol–water partition coefficient (Wildman–Crippen LogP) is 1.37. The van der Waals surface area contributed by atoms with Gasteiger partial charge in [0.25, 0.3) is 0 Å². The Labute approximate surface area is 104 Å².